The van der Waals surface area contributed by atoms with Crippen molar-refractivity contribution in [1.29, 1.82) is 0 Å². The minimum absolute atomic E-state index is 0. The summed E-state index contributed by atoms with van der Waals surface area (Å²) in [5.74, 6) is 1.67. The van der Waals surface area contributed by atoms with E-state index in [1.54, 1.807) is 0 Å². The third-order valence-corrected chi connectivity index (χ3v) is 5.26. The van der Waals surface area contributed by atoms with Gasteiger partial charge in [-0.3, -0.25) is 0 Å². The van der Waals surface area contributed by atoms with Crippen LogP contribution in [0.3, 0.4) is 0 Å². The Morgan fingerprint density at radius 3 is 1.81 bits per heavy atom. The fourth-order valence-corrected chi connectivity index (χ4v) is 3.18. The van der Waals surface area contributed by atoms with Gasteiger partial charge in [-0.25, -0.2) is 0 Å². The van der Waals surface area contributed by atoms with E-state index in [2.05, 4.69) is 73.1 Å². The summed E-state index contributed by atoms with van der Waals surface area (Å²) >= 11 is 0. The normalized spacial score (nSPS) is 12.2. The maximum atomic E-state index is 5.78. The van der Waals surface area contributed by atoms with Crippen LogP contribution < -0.4 is 17.1 Å². The number of nitrogens with zero attached hydrogens (tertiary/aromatic N) is 1. The van der Waals surface area contributed by atoms with Crippen molar-refractivity contribution in [2.24, 2.45) is 5.92 Å². The molecule has 0 aliphatic rings. The molecule has 0 saturated heterocycles. The minimum atomic E-state index is 0. The van der Waals surface area contributed by atoms with Crippen LogP contribution in [0, 0.1) is 5.92 Å². The molecule has 0 aromatic heterocycles. The van der Waals surface area contributed by atoms with Crippen molar-refractivity contribution < 1.29 is 26.4 Å². The standard InChI is InChI=1S/C21H38NO2.C6H6.ClH/c1-8-18(2)17-21(3,4)19-9-11-20(12-10-19)24-16-15-23-14-13-22(5,6)7;1-2-4-6-5-3-1;/h9-12,18H,8,13-17H2,1-7H3;1-6H;1H/q+1;;/p-1. The summed E-state index contributed by atoms with van der Waals surface area (Å²) < 4.78 is 12.3. The van der Waals surface area contributed by atoms with Gasteiger partial charge in [0.25, 0.3) is 0 Å². The molecule has 0 heterocycles. The number of rotatable bonds is 11. The van der Waals surface area contributed by atoms with E-state index in [9.17, 15) is 0 Å². The molecule has 2 aromatic rings. The Balaban J connectivity index is 0.00000110. The molecule has 1 unspecified atom stereocenters. The molecular weight excluding hydrogens is 406 g/mol. The molecule has 0 aliphatic carbocycles. The fraction of sp³-hybridized carbons (Fsp3) is 0.556. The molecule has 0 radical (unpaired) electrons. The average molecular weight is 450 g/mol. The molecular formula is C27H44ClNO2. The van der Waals surface area contributed by atoms with E-state index in [0.29, 0.717) is 13.2 Å². The molecule has 0 amide bonds. The van der Waals surface area contributed by atoms with Crippen molar-refractivity contribution in [2.75, 3.05) is 47.5 Å². The Morgan fingerprint density at radius 2 is 1.35 bits per heavy atom. The summed E-state index contributed by atoms with van der Waals surface area (Å²) in [4.78, 5) is 0. The number of hydrogen-bond acceptors (Lipinski definition) is 2. The van der Waals surface area contributed by atoms with E-state index in [4.69, 9.17) is 9.47 Å². The second-order valence-electron chi connectivity index (χ2n) is 9.76. The molecule has 0 saturated carbocycles. The molecule has 4 heteroatoms. The topological polar surface area (TPSA) is 18.5 Å². The first-order chi connectivity index (χ1) is 14.1. The number of hydrogen-bond donors (Lipinski definition) is 0. The number of halogens is 1. The van der Waals surface area contributed by atoms with E-state index in [1.807, 2.05) is 36.4 Å². The molecule has 2 aromatic carbocycles. The van der Waals surface area contributed by atoms with Gasteiger partial charge < -0.3 is 26.4 Å². The van der Waals surface area contributed by atoms with Crippen molar-refractivity contribution in [3.8, 4) is 5.75 Å². The quantitative estimate of drug-likeness (QED) is 0.387. The molecule has 1 atom stereocenters. The van der Waals surface area contributed by atoms with E-state index in [1.165, 1.54) is 18.4 Å². The van der Waals surface area contributed by atoms with Crippen LogP contribution in [0.4, 0.5) is 0 Å². The predicted octanol–water partition coefficient (Wildman–Crippen LogP) is 3.19. The van der Waals surface area contributed by atoms with Gasteiger partial charge in [0.2, 0.25) is 0 Å². The van der Waals surface area contributed by atoms with Gasteiger partial charge in [-0.1, -0.05) is 82.6 Å². The van der Waals surface area contributed by atoms with Gasteiger partial charge in [0.05, 0.1) is 34.4 Å². The van der Waals surface area contributed by atoms with Crippen LogP contribution in [0.15, 0.2) is 60.7 Å². The highest BCUT2D eigenvalue weighted by molar-refractivity contribution is 5.31. The van der Waals surface area contributed by atoms with Crippen LogP contribution in [0.5, 0.6) is 5.75 Å². The van der Waals surface area contributed by atoms with Gasteiger partial charge in [0, 0.05) is 0 Å². The summed E-state index contributed by atoms with van der Waals surface area (Å²) in [5.41, 5.74) is 1.59. The van der Waals surface area contributed by atoms with Crippen LogP contribution in [0.25, 0.3) is 0 Å². The minimum Gasteiger partial charge on any atom is -1.00 e. The molecule has 0 fully saturated rings. The highest BCUT2D eigenvalue weighted by Crippen LogP contribution is 2.32. The SMILES string of the molecule is CCC(C)CC(C)(C)c1ccc(OCCOCC[N+](C)(C)C)cc1.[Cl-].c1ccccc1. The molecule has 2 rings (SSSR count). The van der Waals surface area contributed by atoms with Crippen LogP contribution in [0.1, 0.15) is 46.1 Å². The molecule has 3 nitrogen and oxygen atoms in total. The molecule has 0 aliphatic heterocycles. The highest BCUT2D eigenvalue weighted by atomic mass is 35.5. The Hall–Kier alpha value is -1.55. The largest absolute Gasteiger partial charge is 1.00 e. The summed E-state index contributed by atoms with van der Waals surface area (Å²) in [6.45, 7) is 12.3. The van der Waals surface area contributed by atoms with Crippen molar-refractivity contribution in [3.05, 3.63) is 66.2 Å². The number of quaternary nitrogens is 1. The van der Waals surface area contributed by atoms with Gasteiger partial charge in [0.15, 0.2) is 0 Å². The predicted molar refractivity (Wildman–Crippen MR) is 129 cm³/mol. The third-order valence-electron chi connectivity index (χ3n) is 5.26. The smallest absolute Gasteiger partial charge is 0.119 e. The molecule has 176 valence electrons. The van der Waals surface area contributed by atoms with Gasteiger partial charge in [-0.15, -0.1) is 0 Å². The molecule has 31 heavy (non-hydrogen) atoms. The zero-order valence-electron chi connectivity index (χ0n) is 20.7. The third kappa shape index (κ3) is 14.2. The van der Waals surface area contributed by atoms with Crippen LogP contribution in [0.2, 0.25) is 0 Å². The number of benzene rings is 2. The first kappa shape index (κ1) is 29.5. The maximum Gasteiger partial charge on any atom is 0.119 e. The van der Waals surface area contributed by atoms with Gasteiger partial charge in [0.1, 0.15) is 18.9 Å². The summed E-state index contributed by atoms with van der Waals surface area (Å²) in [6.07, 6.45) is 2.45. The maximum absolute atomic E-state index is 5.78. The first-order valence-corrected chi connectivity index (χ1v) is 11.3. The second kappa shape index (κ2) is 15.3. The Labute approximate surface area is 197 Å². The Bertz CT molecular complexity index is 639. The lowest BCUT2D eigenvalue weighted by molar-refractivity contribution is -0.870. The average Bonchev–Trinajstić information content (AvgIpc) is 2.71. The molecule has 0 spiro atoms. The van der Waals surface area contributed by atoms with Crippen molar-refractivity contribution in [1.82, 2.24) is 0 Å². The van der Waals surface area contributed by atoms with Crippen LogP contribution >= 0.6 is 0 Å². The lowest BCUT2D eigenvalue weighted by Crippen LogP contribution is -3.00. The molecule has 0 N–H and O–H groups in total. The zero-order valence-corrected chi connectivity index (χ0v) is 21.5. The highest BCUT2D eigenvalue weighted by Gasteiger charge is 2.22. The van der Waals surface area contributed by atoms with Crippen LogP contribution in [-0.4, -0.2) is 52.0 Å². The van der Waals surface area contributed by atoms with E-state index < -0.39 is 0 Å². The van der Waals surface area contributed by atoms with E-state index >= 15 is 0 Å². The Morgan fingerprint density at radius 1 is 0.839 bits per heavy atom. The summed E-state index contributed by atoms with van der Waals surface area (Å²) in [7, 11) is 6.51. The summed E-state index contributed by atoms with van der Waals surface area (Å²) in [6, 6.07) is 20.6. The fourth-order valence-electron chi connectivity index (χ4n) is 3.18. The van der Waals surface area contributed by atoms with E-state index in [-0.39, 0.29) is 17.8 Å². The van der Waals surface area contributed by atoms with Crippen molar-refractivity contribution in [3.63, 3.8) is 0 Å². The second-order valence-corrected chi connectivity index (χ2v) is 9.76. The van der Waals surface area contributed by atoms with Crippen molar-refractivity contribution in [2.45, 2.75) is 46.0 Å². The lowest BCUT2D eigenvalue weighted by Gasteiger charge is -2.28. The first-order valence-electron chi connectivity index (χ1n) is 11.3. The number of likely N-dealkylation sites (N-methyl/N-ethyl adjacent to an activating group) is 1. The monoisotopic (exact) mass is 449 g/mol. The lowest BCUT2D eigenvalue weighted by atomic mass is 9.77. The van der Waals surface area contributed by atoms with E-state index in [0.717, 1.165) is 29.3 Å². The number of ether oxygens (including phenoxy) is 2. The zero-order chi connectivity index (χ0) is 22.5. The van der Waals surface area contributed by atoms with Crippen LogP contribution in [-0.2, 0) is 10.2 Å². The van der Waals surface area contributed by atoms with Gasteiger partial charge in [-0.2, -0.15) is 0 Å². The van der Waals surface area contributed by atoms with Crippen molar-refractivity contribution >= 4 is 0 Å². The molecule has 0 bridgehead atoms. The van der Waals surface area contributed by atoms with Gasteiger partial charge in [-0.05, 0) is 35.4 Å². The summed E-state index contributed by atoms with van der Waals surface area (Å²) in [5, 5.41) is 0. The van der Waals surface area contributed by atoms with Gasteiger partial charge >= 0.3 is 0 Å². The Kier molecular flexibility index (Phi) is 14.5.